The zero-order valence-electron chi connectivity index (χ0n) is 15.6. The molecule has 1 heterocycles. The molecule has 27 heavy (non-hydrogen) atoms. The molecule has 0 atom stereocenters. The van der Waals surface area contributed by atoms with Crippen molar-refractivity contribution in [3.8, 4) is 11.5 Å². The van der Waals surface area contributed by atoms with Crippen molar-refractivity contribution in [2.24, 2.45) is 0 Å². The molecule has 0 fully saturated rings. The van der Waals surface area contributed by atoms with Crippen LogP contribution in [0, 0.1) is 10.1 Å². The second kappa shape index (κ2) is 9.58. The van der Waals surface area contributed by atoms with Gasteiger partial charge >= 0.3 is 5.88 Å². The summed E-state index contributed by atoms with van der Waals surface area (Å²) in [7, 11) is 1.53. The van der Waals surface area contributed by atoms with Crippen molar-refractivity contribution < 1.29 is 23.6 Å². The van der Waals surface area contributed by atoms with Crippen LogP contribution in [-0.4, -0.2) is 49.1 Å². The minimum absolute atomic E-state index is 0.151. The van der Waals surface area contributed by atoms with Gasteiger partial charge in [0.1, 0.15) is 11.5 Å². The number of likely N-dealkylation sites (N-methyl/N-ethyl adjacent to an activating group) is 1. The Balaban J connectivity index is 2.06. The topological polar surface area (TPSA) is 107 Å². The van der Waals surface area contributed by atoms with Crippen molar-refractivity contribution >= 4 is 17.5 Å². The van der Waals surface area contributed by atoms with Crippen LogP contribution < -0.4 is 14.8 Å². The molecular formula is C18H23N3O6. The summed E-state index contributed by atoms with van der Waals surface area (Å²) in [4.78, 5) is 24.4. The summed E-state index contributed by atoms with van der Waals surface area (Å²) < 4.78 is 16.0. The fourth-order valence-corrected chi connectivity index (χ4v) is 2.43. The molecule has 0 saturated carbocycles. The molecule has 1 amide bonds. The molecule has 0 saturated heterocycles. The summed E-state index contributed by atoms with van der Waals surface area (Å²) in [5.41, 5.74) is 0.456. The number of furan rings is 1. The van der Waals surface area contributed by atoms with Gasteiger partial charge in [0.2, 0.25) is 0 Å². The van der Waals surface area contributed by atoms with Gasteiger partial charge in [-0.15, -0.1) is 0 Å². The monoisotopic (exact) mass is 377 g/mol. The molecule has 1 N–H and O–H groups in total. The number of hydrogen-bond donors (Lipinski definition) is 1. The van der Waals surface area contributed by atoms with Gasteiger partial charge in [-0.25, -0.2) is 0 Å². The van der Waals surface area contributed by atoms with Gasteiger partial charge < -0.3 is 24.1 Å². The first kappa shape index (κ1) is 20.2. The largest absolute Gasteiger partial charge is 0.493 e. The SMILES string of the molecule is CCN(CC)CCOc1cc(NC(=O)c2ccc([N+](=O)[O-])o2)ccc1OC. The maximum atomic E-state index is 12.2. The van der Waals surface area contributed by atoms with Crippen LogP contribution in [0.25, 0.3) is 0 Å². The normalized spacial score (nSPS) is 10.7. The van der Waals surface area contributed by atoms with E-state index in [0.717, 1.165) is 25.7 Å². The lowest BCUT2D eigenvalue weighted by Gasteiger charge is -2.19. The van der Waals surface area contributed by atoms with E-state index >= 15 is 0 Å². The smallest absolute Gasteiger partial charge is 0.433 e. The van der Waals surface area contributed by atoms with E-state index in [1.807, 2.05) is 0 Å². The molecule has 9 nitrogen and oxygen atoms in total. The Hall–Kier alpha value is -3.07. The van der Waals surface area contributed by atoms with Crippen LogP contribution in [0.4, 0.5) is 11.6 Å². The summed E-state index contributed by atoms with van der Waals surface area (Å²) in [6, 6.07) is 7.33. The molecule has 0 spiro atoms. The Labute approximate surface area is 157 Å². The molecule has 2 aromatic rings. The van der Waals surface area contributed by atoms with Crippen LogP contribution in [0.15, 0.2) is 34.7 Å². The van der Waals surface area contributed by atoms with Crippen LogP contribution in [0.5, 0.6) is 11.5 Å². The minimum Gasteiger partial charge on any atom is -0.493 e. The Kier molecular flexibility index (Phi) is 7.18. The van der Waals surface area contributed by atoms with Crippen molar-refractivity contribution in [3.05, 3.63) is 46.2 Å². The number of nitro groups is 1. The van der Waals surface area contributed by atoms with E-state index in [1.165, 1.54) is 13.2 Å². The van der Waals surface area contributed by atoms with Gasteiger partial charge in [0, 0.05) is 18.3 Å². The summed E-state index contributed by atoms with van der Waals surface area (Å²) in [5.74, 6) is -0.201. The highest BCUT2D eigenvalue weighted by molar-refractivity contribution is 6.02. The van der Waals surface area contributed by atoms with Crippen molar-refractivity contribution in [2.45, 2.75) is 13.8 Å². The lowest BCUT2D eigenvalue weighted by atomic mass is 10.2. The van der Waals surface area contributed by atoms with Gasteiger partial charge in [0.05, 0.1) is 13.2 Å². The first-order valence-electron chi connectivity index (χ1n) is 8.57. The van der Waals surface area contributed by atoms with E-state index in [9.17, 15) is 14.9 Å². The third kappa shape index (κ3) is 5.45. The van der Waals surface area contributed by atoms with Gasteiger partial charge in [-0.05, 0) is 31.3 Å². The zero-order chi connectivity index (χ0) is 19.8. The number of methoxy groups -OCH3 is 1. The number of nitrogens with zero attached hydrogens (tertiary/aromatic N) is 2. The Morgan fingerprint density at radius 2 is 1.96 bits per heavy atom. The second-order valence-electron chi connectivity index (χ2n) is 5.59. The van der Waals surface area contributed by atoms with Crippen LogP contribution in [-0.2, 0) is 0 Å². The molecule has 0 unspecified atom stereocenters. The predicted octanol–water partition coefficient (Wildman–Crippen LogP) is 3.17. The van der Waals surface area contributed by atoms with Crippen molar-refractivity contribution in [3.63, 3.8) is 0 Å². The van der Waals surface area contributed by atoms with Crippen molar-refractivity contribution in [1.82, 2.24) is 4.90 Å². The quantitative estimate of drug-likeness (QED) is 0.500. The first-order valence-corrected chi connectivity index (χ1v) is 8.57. The number of benzene rings is 1. The van der Waals surface area contributed by atoms with Gasteiger partial charge in [0.15, 0.2) is 17.3 Å². The number of rotatable bonds is 10. The van der Waals surface area contributed by atoms with E-state index in [0.29, 0.717) is 23.8 Å². The highest BCUT2D eigenvalue weighted by atomic mass is 16.6. The van der Waals surface area contributed by atoms with Gasteiger partial charge in [0.25, 0.3) is 5.91 Å². The maximum absolute atomic E-state index is 12.2. The van der Waals surface area contributed by atoms with Crippen LogP contribution >= 0.6 is 0 Å². The number of hydrogen-bond acceptors (Lipinski definition) is 7. The van der Waals surface area contributed by atoms with E-state index in [4.69, 9.17) is 13.9 Å². The standard InChI is InChI=1S/C18H23N3O6/c1-4-20(5-2)10-11-26-16-12-13(6-7-14(16)25-3)19-18(22)15-8-9-17(27-15)21(23)24/h6-9,12H,4-5,10-11H2,1-3H3,(H,19,22). The second-order valence-corrected chi connectivity index (χ2v) is 5.59. The zero-order valence-corrected chi connectivity index (χ0v) is 15.6. The summed E-state index contributed by atoms with van der Waals surface area (Å²) >= 11 is 0. The average molecular weight is 377 g/mol. The molecule has 0 aliphatic heterocycles. The molecule has 1 aromatic heterocycles. The Bertz CT molecular complexity index is 785. The molecule has 2 rings (SSSR count). The third-order valence-corrected chi connectivity index (χ3v) is 3.98. The molecule has 0 bridgehead atoms. The molecule has 0 aliphatic rings. The number of carbonyl (C=O) groups is 1. The van der Waals surface area contributed by atoms with Gasteiger partial charge in [-0.1, -0.05) is 13.8 Å². The fraction of sp³-hybridized carbons (Fsp3) is 0.389. The van der Waals surface area contributed by atoms with Crippen LogP contribution in [0.3, 0.4) is 0 Å². The number of anilines is 1. The van der Waals surface area contributed by atoms with Crippen molar-refractivity contribution in [1.29, 1.82) is 0 Å². The number of amides is 1. The number of ether oxygens (including phenoxy) is 2. The molecule has 146 valence electrons. The minimum atomic E-state index is -0.702. The van der Waals surface area contributed by atoms with E-state index in [1.54, 1.807) is 18.2 Å². The lowest BCUT2D eigenvalue weighted by molar-refractivity contribution is -0.402. The molecule has 1 aromatic carbocycles. The number of nitrogens with one attached hydrogen (secondary N) is 1. The molecule has 0 radical (unpaired) electrons. The highest BCUT2D eigenvalue weighted by Crippen LogP contribution is 2.30. The summed E-state index contributed by atoms with van der Waals surface area (Å²) in [6.07, 6.45) is 0. The van der Waals surface area contributed by atoms with E-state index in [-0.39, 0.29) is 5.76 Å². The third-order valence-electron chi connectivity index (χ3n) is 3.98. The highest BCUT2D eigenvalue weighted by Gasteiger charge is 2.18. The van der Waals surface area contributed by atoms with E-state index in [2.05, 4.69) is 24.1 Å². The van der Waals surface area contributed by atoms with E-state index < -0.39 is 16.7 Å². The van der Waals surface area contributed by atoms with Crippen LogP contribution in [0.1, 0.15) is 24.4 Å². The van der Waals surface area contributed by atoms with Crippen molar-refractivity contribution in [2.75, 3.05) is 38.7 Å². The molecule has 9 heteroatoms. The maximum Gasteiger partial charge on any atom is 0.433 e. The Morgan fingerprint density at radius 3 is 2.56 bits per heavy atom. The Morgan fingerprint density at radius 1 is 1.22 bits per heavy atom. The lowest BCUT2D eigenvalue weighted by Crippen LogP contribution is -2.28. The van der Waals surface area contributed by atoms with Crippen LogP contribution in [0.2, 0.25) is 0 Å². The summed E-state index contributed by atoms with van der Waals surface area (Å²) in [6.45, 7) is 7.27. The fourth-order valence-electron chi connectivity index (χ4n) is 2.43. The average Bonchev–Trinajstić information content (AvgIpc) is 3.16. The molecule has 0 aliphatic carbocycles. The van der Waals surface area contributed by atoms with Gasteiger partial charge in [-0.2, -0.15) is 0 Å². The predicted molar refractivity (Wildman–Crippen MR) is 99.6 cm³/mol. The first-order chi connectivity index (χ1) is 13.0. The molecular weight excluding hydrogens is 354 g/mol. The number of carbonyl (C=O) groups excluding carboxylic acids is 1. The van der Waals surface area contributed by atoms with Gasteiger partial charge in [-0.3, -0.25) is 14.9 Å². The summed E-state index contributed by atoms with van der Waals surface area (Å²) in [5, 5.41) is 13.3.